The van der Waals surface area contributed by atoms with Crippen molar-refractivity contribution in [3.05, 3.63) is 0 Å². The predicted octanol–water partition coefficient (Wildman–Crippen LogP) is 0.585. The van der Waals surface area contributed by atoms with Crippen LogP contribution in [0.15, 0.2) is 0 Å². The van der Waals surface area contributed by atoms with Gasteiger partial charge in [0.25, 0.3) is 0 Å². The van der Waals surface area contributed by atoms with Gasteiger partial charge in [0.2, 0.25) is 5.91 Å². The van der Waals surface area contributed by atoms with Gasteiger partial charge in [0.1, 0.15) is 6.04 Å². The van der Waals surface area contributed by atoms with Gasteiger partial charge < -0.3 is 21.5 Å². The summed E-state index contributed by atoms with van der Waals surface area (Å²) >= 11 is 0. The highest BCUT2D eigenvalue weighted by molar-refractivity contribution is 5.87. The van der Waals surface area contributed by atoms with Crippen LogP contribution in [0.1, 0.15) is 44.9 Å². The molecule has 0 bridgehead atoms. The first-order valence-corrected chi connectivity index (χ1v) is 7.04. The maximum atomic E-state index is 11.5. The average Bonchev–Trinajstić information content (AvgIpc) is 2.38. The Morgan fingerprint density at radius 2 is 1.85 bits per heavy atom. The Morgan fingerprint density at radius 1 is 1.20 bits per heavy atom. The summed E-state index contributed by atoms with van der Waals surface area (Å²) in [6.07, 6.45) is 6.67. The summed E-state index contributed by atoms with van der Waals surface area (Å²) in [5, 5.41) is 13.7. The molecule has 1 fully saturated rings. The Kier molecular flexibility index (Phi) is 6.83. The number of carboxylic acid groups (broad SMARTS) is 1. The standard InChI is InChI=1S/C13H23N3O4/c14-11(17)8-10(12(18)19)16-13(20)15-7-6-9-4-2-1-3-5-9/h9-10H,1-8H2,(H2,14,17)(H,18,19)(H2,15,16,20). The smallest absolute Gasteiger partial charge is 0.326 e. The molecule has 0 aromatic rings. The Bertz CT molecular complexity index is 354. The first kappa shape index (κ1) is 16.3. The molecule has 1 unspecified atom stereocenters. The lowest BCUT2D eigenvalue weighted by Gasteiger charge is -2.21. The van der Waals surface area contributed by atoms with E-state index in [1.165, 1.54) is 32.1 Å². The molecular formula is C13H23N3O4. The lowest BCUT2D eigenvalue weighted by Crippen LogP contribution is -2.48. The van der Waals surface area contributed by atoms with Crippen LogP contribution in [0.4, 0.5) is 4.79 Å². The van der Waals surface area contributed by atoms with Crippen LogP contribution in [0.5, 0.6) is 0 Å². The van der Waals surface area contributed by atoms with E-state index in [1.807, 2.05) is 0 Å². The molecule has 1 saturated carbocycles. The molecule has 7 heteroatoms. The Balaban J connectivity index is 2.23. The molecule has 0 spiro atoms. The van der Waals surface area contributed by atoms with Crippen molar-refractivity contribution < 1.29 is 19.5 Å². The summed E-state index contributed by atoms with van der Waals surface area (Å²) in [6, 6.07) is -1.85. The molecule has 1 atom stereocenters. The number of primary amides is 1. The van der Waals surface area contributed by atoms with E-state index in [2.05, 4.69) is 10.6 Å². The van der Waals surface area contributed by atoms with Crippen LogP contribution >= 0.6 is 0 Å². The topological polar surface area (TPSA) is 122 Å². The molecule has 3 amide bonds. The number of hydrogen-bond acceptors (Lipinski definition) is 3. The summed E-state index contributed by atoms with van der Waals surface area (Å²) in [5.74, 6) is -1.39. The van der Waals surface area contributed by atoms with Crippen LogP contribution in [0.3, 0.4) is 0 Å². The molecular weight excluding hydrogens is 262 g/mol. The van der Waals surface area contributed by atoms with Crippen LogP contribution in [0, 0.1) is 5.92 Å². The highest BCUT2D eigenvalue weighted by atomic mass is 16.4. The third-order valence-electron chi connectivity index (χ3n) is 3.57. The fraction of sp³-hybridized carbons (Fsp3) is 0.769. The summed E-state index contributed by atoms with van der Waals surface area (Å²) in [7, 11) is 0. The SMILES string of the molecule is NC(=O)CC(NC(=O)NCCC1CCCCC1)C(=O)O. The van der Waals surface area contributed by atoms with E-state index in [0.29, 0.717) is 12.5 Å². The van der Waals surface area contributed by atoms with Crippen molar-refractivity contribution in [2.75, 3.05) is 6.54 Å². The Labute approximate surface area is 118 Å². The van der Waals surface area contributed by atoms with E-state index in [9.17, 15) is 14.4 Å². The number of carboxylic acids is 1. The van der Waals surface area contributed by atoms with Crippen molar-refractivity contribution in [2.24, 2.45) is 11.7 Å². The second-order valence-electron chi connectivity index (χ2n) is 5.25. The van der Waals surface area contributed by atoms with E-state index >= 15 is 0 Å². The lowest BCUT2D eigenvalue weighted by atomic mass is 9.87. The number of carbonyl (C=O) groups excluding carboxylic acids is 2. The van der Waals surface area contributed by atoms with Crippen LogP contribution in [-0.4, -0.2) is 35.6 Å². The average molecular weight is 285 g/mol. The summed E-state index contributed by atoms with van der Waals surface area (Å²) in [5.41, 5.74) is 4.93. The van der Waals surface area contributed by atoms with E-state index < -0.39 is 30.4 Å². The molecule has 20 heavy (non-hydrogen) atoms. The van der Waals surface area contributed by atoms with Gasteiger partial charge in [0.15, 0.2) is 0 Å². The van der Waals surface area contributed by atoms with Gasteiger partial charge in [-0.05, 0) is 12.3 Å². The van der Waals surface area contributed by atoms with Gasteiger partial charge in [-0.15, -0.1) is 0 Å². The summed E-state index contributed by atoms with van der Waals surface area (Å²) < 4.78 is 0. The van der Waals surface area contributed by atoms with Gasteiger partial charge in [-0.1, -0.05) is 32.1 Å². The third kappa shape index (κ3) is 6.40. The molecule has 0 saturated heterocycles. The van der Waals surface area contributed by atoms with Crippen LogP contribution in [-0.2, 0) is 9.59 Å². The van der Waals surface area contributed by atoms with Crippen molar-refractivity contribution in [2.45, 2.75) is 51.0 Å². The molecule has 5 N–H and O–H groups in total. The molecule has 1 rings (SSSR count). The second-order valence-corrected chi connectivity index (χ2v) is 5.25. The largest absolute Gasteiger partial charge is 0.480 e. The number of nitrogens with two attached hydrogens (primary N) is 1. The number of rotatable bonds is 7. The monoisotopic (exact) mass is 285 g/mol. The molecule has 0 aliphatic heterocycles. The first-order chi connectivity index (χ1) is 9.49. The minimum absolute atomic E-state index is 0.411. The molecule has 0 radical (unpaired) electrons. The minimum atomic E-state index is -1.28. The van der Waals surface area contributed by atoms with Gasteiger partial charge in [-0.3, -0.25) is 4.79 Å². The summed E-state index contributed by atoms with van der Waals surface area (Å²) in [6.45, 7) is 0.513. The molecule has 0 heterocycles. The Hall–Kier alpha value is -1.79. The van der Waals surface area contributed by atoms with Crippen LogP contribution in [0.2, 0.25) is 0 Å². The molecule has 0 aromatic heterocycles. The predicted molar refractivity (Wildman–Crippen MR) is 73.0 cm³/mol. The lowest BCUT2D eigenvalue weighted by molar-refractivity contribution is -0.140. The molecule has 0 aromatic carbocycles. The maximum absolute atomic E-state index is 11.5. The normalized spacial score (nSPS) is 17.2. The van der Waals surface area contributed by atoms with Crippen molar-refractivity contribution >= 4 is 17.9 Å². The third-order valence-corrected chi connectivity index (χ3v) is 3.57. The number of nitrogens with one attached hydrogen (secondary N) is 2. The quantitative estimate of drug-likeness (QED) is 0.546. The maximum Gasteiger partial charge on any atom is 0.326 e. The van der Waals surface area contributed by atoms with Crippen LogP contribution < -0.4 is 16.4 Å². The fourth-order valence-corrected chi connectivity index (χ4v) is 2.48. The molecule has 114 valence electrons. The van der Waals surface area contributed by atoms with Gasteiger partial charge in [-0.2, -0.15) is 0 Å². The zero-order chi connectivity index (χ0) is 15.0. The number of urea groups is 1. The first-order valence-electron chi connectivity index (χ1n) is 7.04. The van der Waals surface area contributed by atoms with Crippen molar-refractivity contribution in [1.82, 2.24) is 10.6 Å². The number of hydrogen-bond donors (Lipinski definition) is 4. The van der Waals surface area contributed by atoms with Crippen molar-refractivity contribution in [3.63, 3.8) is 0 Å². The Morgan fingerprint density at radius 3 is 2.40 bits per heavy atom. The van der Waals surface area contributed by atoms with E-state index in [-0.39, 0.29) is 0 Å². The van der Waals surface area contributed by atoms with Gasteiger partial charge in [0, 0.05) is 6.54 Å². The summed E-state index contributed by atoms with van der Waals surface area (Å²) in [4.78, 5) is 33.1. The van der Waals surface area contributed by atoms with E-state index in [1.54, 1.807) is 0 Å². The highest BCUT2D eigenvalue weighted by Gasteiger charge is 2.22. The second kappa shape index (κ2) is 8.39. The van der Waals surface area contributed by atoms with Gasteiger partial charge in [-0.25, -0.2) is 9.59 Å². The zero-order valence-electron chi connectivity index (χ0n) is 11.6. The minimum Gasteiger partial charge on any atom is -0.480 e. The highest BCUT2D eigenvalue weighted by Crippen LogP contribution is 2.25. The van der Waals surface area contributed by atoms with Gasteiger partial charge in [0.05, 0.1) is 6.42 Å². The zero-order valence-corrected chi connectivity index (χ0v) is 11.6. The van der Waals surface area contributed by atoms with E-state index in [0.717, 1.165) is 6.42 Å². The van der Waals surface area contributed by atoms with Gasteiger partial charge >= 0.3 is 12.0 Å². The molecule has 1 aliphatic carbocycles. The number of aliphatic carboxylic acids is 1. The number of amides is 3. The molecule has 7 nitrogen and oxygen atoms in total. The number of carbonyl (C=O) groups is 3. The van der Waals surface area contributed by atoms with E-state index in [4.69, 9.17) is 10.8 Å². The van der Waals surface area contributed by atoms with Crippen molar-refractivity contribution in [1.29, 1.82) is 0 Å². The molecule has 1 aliphatic rings. The van der Waals surface area contributed by atoms with Crippen molar-refractivity contribution in [3.8, 4) is 0 Å². The fourth-order valence-electron chi connectivity index (χ4n) is 2.48. The van der Waals surface area contributed by atoms with Crippen LogP contribution in [0.25, 0.3) is 0 Å².